The number of benzene rings is 2. The van der Waals surface area contributed by atoms with Gasteiger partial charge in [0.2, 0.25) is 5.91 Å². The number of ether oxygens (including phenoxy) is 1. The first-order chi connectivity index (χ1) is 13.1. The van der Waals surface area contributed by atoms with Gasteiger partial charge in [-0.2, -0.15) is 0 Å². The molecule has 1 N–H and O–H groups in total. The molecule has 2 aromatic carbocycles. The monoisotopic (exact) mass is 434 g/mol. The fraction of sp³-hybridized carbons (Fsp3) is 0.381. The lowest BCUT2D eigenvalue weighted by Gasteiger charge is -2.35. The summed E-state index contributed by atoms with van der Waals surface area (Å²) in [5.74, 6) is -0.229. The van der Waals surface area contributed by atoms with Gasteiger partial charge in [0.15, 0.2) is 0 Å². The summed E-state index contributed by atoms with van der Waals surface area (Å²) >= 11 is 3.45. The van der Waals surface area contributed by atoms with Gasteiger partial charge >= 0.3 is 0 Å². The van der Waals surface area contributed by atoms with Gasteiger partial charge in [0.25, 0.3) is 0 Å². The van der Waals surface area contributed by atoms with Crippen LogP contribution < -0.4 is 5.32 Å². The van der Waals surface area contributed by atoms with E-state index in [1.807, 2.05) is 24.3 Å². The molecule has 1 fully saturated rings. The van der Waals surface area contributed by atoms with Gasteiger partial charge in [-0.15, -0.1) is 0 Å². The van der Waals surface area contributed by atoms with E-state index >= 15 is 0 Å². The van der Waals surface area contributed by atoms with Gasteiger partial charge in [-0.1, -0.05) is 40.2 Å². The number of nitrogens with one attached hydrogen (secondary N) is 1. The quantitative estimate of drug-likeness (QED) is 0.721. The molecule has 0 aliphatic carbocycles. The summed E-state index contributed by atoms with van der Waals surface area (Å²) in [6.07, 6.45) is 1.14. The van der Waals surface area contributed by atoms with Gasteiger partial charge in [-0.3, -0.25) is 9.69 Å². The molecular weight excluding hydrogens is 411 g/mol. The molecule has 0 bridgehead atoms. The molecule has 0 spiro atoms. The minimum absolute atomic E-state index is 0.0179. The van der Waals surface area contributed by atoms with Gasteiger partial charge in [-0.25, -0.2) is 4.39 Å². The third-order valence-electron chi connectivity index (χ3n) is 4.76. The zero-order chi connectivity index (χ0) is 19.1. The van der Waals surface area contributed by atoms with Crippen LogP contribution in [0.4, 0.5) is 4.39 Å². The number of carbonyl (C=O) groups excluding carboxylic acids is 1. The molecule has 27 heavy (non-hydrogen) atoms. The fourth-order valence-corrected chi connectivity index (χ4v) is 3.73. The van der Waals surface area contributed by atoms with Crippen molar-refractivity contribution < 1.29 is 13.9 Å². The fourth-order valence-electron chi connectivity index (χ4n) is 3.28. The number of hydrogen-bond donors (Lipinski definition) is 1. The normalized spacial score (nSPS) is 16.1. The first kappa shape index (κ1) is 20.0. The standard InChI is InChI=1S/C21H24BrFN2O2/c22-18-3-1-2-16(14-18)4-9-21(26)24-15-20(25-10-12-27-13-11-25)17-5-7-19(23)8-6-17/h1-3,5-8,14,20H,4,9-13,15H2,(H,24,26). The number of hydrogen-bond acceptors (Lipinski definition) is 3. The summed E-state index contributed by atoms with van der Waals surface area (Å²) in [6, 6.07) is 14.5. The van der Waals surface area contributed by atoms with Gasteiger partial charge in [-0.05, 0) is 41.8 Å². The van der Waals surface area contributed by atoms with Crippen molar-refractivity contribution in [1.82, 2.24) is 10.2 Å². The molecule has 6 heteroatoms. The van der Waals surface area contributed by atoms with E-state index in [1.165, 1.54) is 12.1 Å². The predicted molar refractivity (Wildman–Crippen MR) is 107 cm³/mol. The third kappa shape index (κ3) is 6.13. The van der Waals surface area contributed by atoms with E-state index < -0.39 is 0 Å². The van der Waals surface area contributed by atoms with Crippen molar-refractivity contribution in [3.63, 3.8) is 0 Å². The van der Waals surface area contributed by atoms with E-state index in [0.29, 0.717) is 32.6 Å². The number of morpholine rings is 1. The van der Waals surface area contributed by atoms with Crippen molar-refractivity contribution in [2.24, 2.45) is 0 Å². The van der Waals surface area contributed by atoms with Crippen molar-refractivity contribution in [3.05, 3.63) is 69.9 Å². The average Bonchev–Trinajstić information content (AvgIpc) is 2.69. The Kier molecular flexibility index (Phi) is 7.38. The Bertz CT molecular complexity index is 748. The van der Waals surface area contributed by atoms with Crippen LogP contribution in [0.25, 0.3) is 0 Å². The highest BCUT2D eigenvalue weighted by atomic mass is 79.9. The van der Waals surface area contributed by atoms with Crippen LogP contribution in [0, 0.1) is 5.82 Å². The smallest absolute Gasteiger partial charge is 0.220 e. The first-order valence-electron chi connectivity index (χ1n) is 9.20. The van der Waals surface area contributed by atoms with Gasteiger partial charge in [0, 0.05) is 30.5 Å². The molecular formula is C21H24BrFN2O2. The maximum Gasteiger partial charge on any atom is 0.220 e. The molecule has 1 saturated heterocycles. The Morgan fingerprint density at radius 1 is 1.19 bits per heavy atom. The molecule has 0 saturated carbocycles. The van der Waals surface area contributed by atoms with E-state index in [-0.39, 0.29) is 17.8 Å². The molecule has 2 aromatic rings. The zero-order valence-electron chi connectivity index (χ0n) is 15.2. The summed E-state index contributed by atoms with van der Waals surface area (Å²) in [6.45, 7) is 3.46. The number of rotatable bonds is 7. The van der Waals surface area contributed by atoms with Crippen molar-refractivity contribution >= 4 is 21.8 Å². The molecule has 3 rings (SSSR count). The summed E-state index contributed by atoms with van der Waals surface area (Å²) in [5, 5.41) is 3.05. The van der Waals surface area contributed by atoms with Crippen molar-refractivity contribution in [2.45, 2.75) is 18.9 Å². The second-order valence-electron chi connectivity index (χ2n) is 6.65. The molecule has 1 unspecified atom stereocenters. The number of carbonyl (C=O) groups is 1. The molecule has 4 nitrogen and oxygen atoms in total. The Morgan fingerprint density at radius 3 is 2.63 bits per heavy atom. The highest BCUT2D eigenvalue weighted by Gasteiger charge is 2.23. The largest absolute Gasteiger partial charge is 0.379 e. The van der Waals surface area contributed by atoms with E-state index in [2.05, 4.69) is 26.1 Å². The van der Waals surface area contributed by atoms with Crippen molar-refractivity contribution in [2.75, 3.05) is 32.8 Å². The van der Waals surface area contributed by atoms with Crippen LogP contribution >= 0.6 is 15.9 Å². The lowest BCUT2D eigenvalue weighted by Crippen LogP contribution is -2.43. The van der Waals surface area contributed by atoms with Crippen LogP contribution in [0.15, 0.2) is 53.0 Å². The van der Waals surface area contributed by atoms with E-state index in [1.54, 1.807) is 12.1 Å². The van der Waals surface area contributed by atoms with E-state index in [9.17, 15) is 9.18 Å². The Hall–Kier alpha value is -1.76. The molecule has 0 aromatic heterocycles. The summed E-state index contributed by atoms with van der Waals surface area (Å²) in [5.41, 5.74) is 2.13. The molecule has 1 aliphatic heterocycles. The van der Waals surface area contributed by atoms with E-state index in [0.717, 1.165) is 28.7 Å². The summed E-state index contributed by atoms with van der Waals surface area (Å²) in [4.78, 5) is 14.6. The van der Waals surface area contributed by atoms with Gasteiger partial charge < -0.3 is 10.1 Å². The maximum atomic E-state index is 13.3. The number of aryl methyl sites for hydroxylation is 1. The number of nitrogens with zero attached hydrogens (tertiary/aromatic N) is 1. The average molecular weight is 435 g/mol. The highest BCUT2D eigenvalue weighted by Crippen LogP contribution is 2.22. The third-order valence-corrected chi connectivity index (χ3v) is 5.26. The van der Waals surface area contributed by atoms with Gasteiger partial charge in [0.1, 0.15) is 5.82 Å². The zero-order valence-corrected chi connectivity index (χ0v) is 16.8. The van der Waals surface area contributed by atoms with Crippen molar-refractivity contribution in [3.8, 4) is 0 Å². The predicted octanol–water partition coefficient (Wildman–Crippen LogP) is 3.71. The van der Waals surface area contributed by atoms with E-state index in [4.69, 9.17) is 4.74 Å². The van der Waals surface area contributed by atoms with Crippen LogP contribution in [0.1, 0.15) is 23.6 Å². The van der Waals surface area contributed by atoms with Crippen LogP contribution in [0.5, 0.6) is 0 Å². The minimum Gasteiger partial charge on any atom is -0.379 e. The van der Waals surface area contributed by atoms with Gasteiger partial charge in [0.05, 0.1) is 19.3 Å². The topological polar surface area (TPSA) is 41.6 Å². The van der Waals surface area contributed by atoms with Crippen LogP contribution in [0.2, 0.25) is 0 Å². The Morgan fingerprint density at radius 2 is 1.93 bits per heavy atom. The second-order valence-corrected chi connectivity index (χ2v) is 7.57. The number of halogens is 2. The molecule has 1 aliphatic rings. The second kappa shape index (κ2) is 9.97. The van der Waals surface area contributed by atoms with Crippen LogP contribution in [0.3, 0.4) is 0 Å². The molecule has 144 valence electrons. The Labute approximate surface area is 167 Å². The molecule has 1 amide bonds. The van der Waals surface area contributed by atoms with Crippen LogP contribution in [-0.2, 0) is 16.0 Å². The Balaban J connectivity index is 1.58. The minimum atomic E-state index is -0.252. The summed E-state index contributed by atoms with van der Waals surface area (Å²) < 4.78 is 19.7. The van der Waals surface area contributed by atoms with Crippen molar-refractivity contribution in [1.29, 1.82) is 0 Å². The molecule has 1 heterocycles. The molecule has 1 atom stereocenters. The lowest BCUT2D eigenvalue weighted by atomic mass is 10.0. The number of amides is 1. The molecule has 0 radical (unpaired) electrons. The highest BCUT2D eigenvalue weighted by molar-refractivity contribution is 9.10. The first-order valence-corrected chi connectivity index (χ1v) is 9.99. The SMILES string of the molecule is O=C(CCc1cccc(Br)c1)NCC(c1ccc(F)cc1)N1CCOCC1. The van der Waals surface area contributed by atoms with Crippen LogP contribution in [-0.4, -0.2) is 43.7 Å². The maximum absolute atomic E-state index is 13.3. The summed E-state index contributed by atoms with van der Waals surface area (Å²) in [7, 11) is 0. The lowest BCUT2D eigenvalue weighted by molar-refractivity contribution is -0.121.